The van der Waals surface area contributed by atoms with Gasteiger partial charge in [0.05, 0.1) is 0 Å². The summed E-state index contributed by atoms with van der Waals surface area (Å²) in [7, 11) is 0. The molecule has 0 fully saturated rings. The molecule has 20 nitrogen and oxygen atoms in total. The van der Waals surface area contributed by atoms with Crippen molar-refractivity contribution in [3.05, 3.63) is 165 Å². The summed E-state index contributed by atoms with van der Waals surface area (Å²) in [4.78, 5) is 62.7. The first-order valence-corrected chi connectivity index (χ1v) is 18.5. The normalized spacial score (nSPS) is 10.7. The van der Waals surface area contributed by atoms with Crippen molar-refractivity contribution in [3.63, 3.8) is 0 Å². The summed E-state index contributed by atoms with van der Waals surface area (Å²) < 4.78 is 29.4. The summed E-state index contributed by atoms with van der Waals surface area (Å²) in [6.07, 6.45) is 2.46. The zero-order valence-corrected chi connectivity index (χ0v) is 33.4. The first kappa shape index (κ1) is 43.0. The number of phenolic OH excluding ortho intramolecular Hbond substituents is 1. The molecule has 0 amide bonds. The van der Waals surface area contributed by atoms with Crippen LogP contribution in [0.1, 0.15) is 28.3 Å². The molecule has 0 radical (unpaired) electrons. The second kappa shape index (κ2) is 18.5. The number of nitriles is 1. The van der Waals surface area contributed by atoms with Crippen molar-refractivity contribution >= 4 is 44.5 Å². The van der Waals surface area contributed by atoms with E-state index in [-0.39, 0.29) is 48.3 Å². The lowest BCUT2D eigenvalue weighted by Crippen LogP contribution is -2.11. The van der Waals surface area contributed by atoms with Gasteiger partial charge in [-0.15, -0.1) is 0 Å². The zero-order valence-electron chi connectivity index (χ0n) is 33.4. The number of fused-ring (bicyclic) bond motifs is 3. The molecule has 20 heteroatoms. The van der Waals surface area contributed by atoms with Gasteiger partial charge < -0.3 is 48.1 Å². The van der Waals surface area contributed by atoms with Gasteiger partial charge in [-0.2, -0.15) is 5.26 Å². The Morgan fingerprint density at radius 2 is 1.23 bits per heavy atom. The van der Waals surface area contributed by atoms with Crippen molar-refractivity contribution in [1.29, 1.82) is 5.26 Å². The smallest absolute Gasteiger partial charge is 0.354 e. The van der Waals surface area contributed by atoms with Crippen LogP contribution in [0.15, 0.2) is 113 Å². The lowest BCUT2D eigenvalue weighted by atomic mass is 10.1. The topological polar surface area (TPSA) is 275 Å². The number of ether oxygens (including phenoxy) is 2. The number of aryl methyl sites for hydroxylation is 4. The molecule has 0 aliphatic carbocycles. The molecule has 0 aliphatic rings. The van der Waals surface area contributed by atoms with Crippen molar-refractivity contribution in [1.82, 2.24) is 19.1 Å². The number of phenols is 1. The molecule has 0 unspecified atom stereocenters. The Bertz CT molecular complexity index is 3210. The predicted molar refractivity (Wildman–Crippen MR) is 222 cm³/mol. The number of nitro groups is 2. The van der Waals surface area contributed by atoms with Crippen molar-refractivity contribution in [2.45, 2.75) is 40.8 Å². The molecule has 1 N–H and O–H groups in total. The number of nitrogens with zero attached hydrogens (tertiary/aromatic N) is 7. The minimum Gasteiger partial charge on any atom is -0.508 e. The van der Waals surface area contributed by atoms with Crippen LogP contribution in [0.25, 0.3) is 32.9 Å². The van der Waals surface area contributed by atoms with Crippen LogP contribution in [0.5, 0.6) is 17.2 Å². The fourth-order valence-corrected chi connectivity index (χ4v) is 6.23. The fourth-order valence-electron chi connectivity index (χ4n) is 6.23. The summed E-state index contributed by atoms with van der Waals surface area (Å²) in [5.41, 5.74) is 1.31. The van der Waals surface area contributed by atoms with Crippen LogP contribution in [0.2, 0.25) is 0 Å². The fraction of sp³-hybridized carbons (Fsp3) is 0.190. The number of aromatic nitrogens is 4. The van der Waals surface area contributed by atoms with E-state index in [9.17, 15) is 34.6 Å². The highest BCUT2D eigenvalue weighted by Gasteiger charge is 2.18. The highest BCUT2D eigenvalue weighted by atomic mass is 16.6. The first-order valence-electron chi connectivity index (χ1n) is 18.5. The number of hydrogen-bond acceptors (Lipinski definition) is 16. The standard InChI is InChI=1S/2C16H15N3O5.C10H5NO3/c1-10-7-16(20)24-14-4-3-12(8-13(10)14)23-6-5-18-11(2)17-9-15(18)19(21)22;1-10-7-16(20)24-14-8-12(3-4-13(10)14)23-6-5-18-11(2)17-9-15(18)19(21)22;11-5-7-3-6-1-2-8(12)4-9(6)14-10(7)13/h2*3-4,7-9H,5-6H2,1-2H3;1-4,12H. The maximum atomic E-state index is 11.4. The van der Waals surface area contributed by atoms with Gasteiger partial charge in [0.25, 0.3) is 0 Å². The molecule has 3 aromatic carbocycles. The Morgan fingerprint density at radius 1 is 0.677 bits per heavy atom. The molecule has 0 bridgehead atoms. The Labute approximate surface area is 348 Å². The minimum atomic E-state index is -0.689. The quantitative estimate of drug-likeness (QED) is 0.0867. The van der Waals surface area contributed by atoms with Gasteiger partial charge in [0.1, 0.15) is 84.3 Å². The van der Waals surface area contributed by atoms with Gasteiger partial charge in [0, 0.05) is 54.3 Å². The van der Waals surface area contributed by atoms with Crippen LogP contribution in [0, 0.1) is 59.3 Å². The molecule has 8 rings (SSSR count). The van der Waals surface area contributed by atoms with Crippen LogP contribution < -0.4 is 26.4 Å². The highest BCUT2D eigenvalue weighted by Crippen LogP contribution is 2.25. The Hall–Kier alpha value is -8.60. The summed E-state index contributed by atoms with van der Waals surface area (Å²) >= 11 is 0. The van der Waals surface area contributed by atoms with Gasteiger partial charge in [0.15, 0.2) is 11.6 Å². The summed E-state index contributed by atoms with van der Waals surface area (Å²) in [6.45, 7) is 8.12. The van der Waals surface area contributed by atoms with Crippen molar-refractivity contribution in [2.24, 2.45) is 0 Å². The largest absolute Gasteiger partial charge is 0.508 e. The van der Waals surface area contributed by atoms with E-state index >= 15 is 0 Å². The van der Waals surface area contributed by atoms with Gasteiger partial charge in [-0.1, -0.05) is 0 Å². The van der Waals surface area contributed by atoms with E-state index in [1.807, 2.05) is 19.9 Å². The molecule has 0 aliphatic heterocycles. The minimum absolute atomic E-state index is 0.0188. The number of rotatable bonds is 10. The van der Waals surface area contributed by atoms with E-state index in [1.54, 1.807) is 56.3 Å². The lowest BCUT2D eigenvalue weighted by molar-refractivity contribution is -0.392. The molecule has 0 saturated carbocycles. The second-order valence-corrected chi connectivity index (χ2v) is 13.4. The monoisotopic (exact) mass is 845 g/mol. The molecule has 0 atom stereocenters. The van der Waals surface area contributed by atoms with E-state index in [0.717, 1.165) is 21.9 Å². The van der Waals surface area contributed by atoms with Gasteiger partial charge in [-0.3, -0.25) is 0 Å². The van der Waals surface area contributed by atoms with Crippen LogP contribution in [-0.2, 0) is 13.1 Å². The molecule has 62 heavy (non-hydrogen) atoms. The number of aromatic hydroxyl groups is 1. The summed E-state index contributed by atoms with van der Waals surface area (Å²) in [5.74, 6) is 2.11. The van der Waals surface area contributed by atoms with Crippen LogP contribution in [0.4, 0.5) is 11.6 Å². The van der Waals surface area contributed by atoms with Gasteiger partial charge in [0.2, 0.25) is 0 Å². The predicted octanol–water partition coefficient (Wildman–Crippen LogP) is 6.56. The molecule has 0 saturated heterocycles. The molecular weight excluding hydrogens is 810 g/mol. The van der Waals surface area contributed by atoms with E-state index in [0.29, 0.717) is 46.2 Å². The van der Waals surface area contributed by atoms with Crippen molar-refractivity contribution in [2.75, 3.05) is 13.2 Å². The van der Waals surface area contributed by atoms with Crippen LogP contribution >= 0.6 is 0 Å². The molecule has 5 aromatic heterocycles. The average Bonchev–Trinajstić information content (AvgIpc) is 3.79. The third-order valence-corrected chi connectivity index (χ3v) is 9.29. The summed E-state index contributed by atoms with van der Waals surface area (Å²) in [6, 6.07) is 20.8. The van der Waals surface area contributed by atoms with Crippen LogP contribution in [0.3, 0.4) is 0 Å². The summed E-state index contributed by atoms with van der Waals surface area (Å²) in [5, 5.41) is 41.8. The number of imidazole rings is 2. The van der Waals surface area contributed by atoms with Crippen molar-refractivity contribution in [3.8, 4) is 23.3 Å². The molecular formula is C42H35N7O13. The first-order chi connectivity index (χ1) is 29.6. The zero-order chi connectivity index (χ0) is 44.7. The van der Waals surface area contributed by atoms with E-state index in [1.165, 1.54) is 51.9 Å². The van der Waals surface area contributed by atoms with E-state index in [2.05, 4.69) is 9.97 Å². The number of benzene rings is 3. The van der Waals surface area contributed by atoms with Crippen molar-refractivity contribution < 1.29 is 37.7 Å². The molecule has 316 valence electrons. The molecule has 8 aromatic rings. The Kier molecular flexibility index (Phi) is 12.9. The molecule has 5 heterocycles. The SMILES string of the molecule is Cc1cc(=O)oc2cc(OCCn3c([N+](=O)[O-])cnc3C)ccc12.Cc1cc(=O)oc2ccc(OCCn3c([N+](=O)[O-])cnc3C)cc12.N#Cc1cc2ccc(O)cc2oc1=O. The maximum Gasteiger partial charge on any atom is 0.354 e. The van der Waals surface area contributed by atoms with Gasteiger partial charge >= 0.3 is 28.5 Å². The Morgan fingerprint density at radius 3 is 1.81 bits per heavy atom. The van der Waals surface area contributed by atoms with Gasteiger partial charge in [-0.25, -0.2) is 33.5 Å². The second-order valence-electron chi connectivity index (χ2n) is 13.4. The number of hydrogen-bond donors (Lipinski definition) is 1. The van der Waals surface area contributed by atoms with Gasteiger partial charge in [-0.05, 0) is 83.4 Å². The van der Waals surface area contributed by atoms with E-state index in [4.69, 9.17) is 33.1 Å². The van der Waals surface area contributed by atoms with E-state index < -0.39 is 26.7 Å². The maximum absolute atomic E-state index is 11.4. The highest BCUT2D eigenvalue weighted by molar-refractivity contribution is 5.82. The third-order valence-electron chi connectivity index (χ3n) is 9.29. The Balaban J connectivity index is 0.000000161. The third kappa shape index (κ3) is 9.98. The molecule has 0 spiro atoms. The van der Waals surface area contributed by atoms with Crippen LogP contribution in [-0.4, -0.2) is 47.3 Å². The average molecular weight is 846 g/mol. The lowest BCUT2D eigenvalue weighted by Gasteiger charge is -2.08.